The van der Waals surface area contributed by atoms with Crippen molar-refractivity contribution in [3.63, 3.8) is 0 Å². The van der Waals surface area contributed by atoms with Gasteiger partial charge in [0.15, 0.2) is 0 Å². The second kappa shape index (κ2) is 17.9. The van der Waals surface area contributed by atoms with Crippen molar-refractivity contribution in [3.05, 3.63) is 32.6 Å². The second-order valence-electron chi connectivity index (χ2n) is 8.61. The average Bonchev–Trinajstić information content (AvgIpc) is 3.27. The molecule has 2 unspecified atom stereocenters. The van der Waals surface area contributed by atoms with E-state index >= 15 is 0 Å². The van der Waals surface area contributed by atoms with Gasteiger partial charge in [0.25, 0.3) is 5.56 Å². The maximum Gasteiger partial charge on any atom is 0.510 e. The lowest BCUT2D eigenvalue weighted by molar-refractivity contribution is -0.0479. The van der Waals surface area contributed by atoms with E-state index in [9.17, 15) is 19.2 Å². The molecule has 2 rings (SSSR count). The normalized spacial score (nSPS) is 16.8. The molecular formula is C23H39N2O12P. The number of nitrogens with zero attached hydrogens (tertiary/aromatic N) is 1. The number of aromatic nitrogens is 2. The van der Waals surface area contributed by atoms with Crippen molar-refractivity contribution >= 4 is 20.9 Å². The molecular weight excluding hydrogens is 527 g/mol. The van der Waals surface area contributed by atoms with Crippen molar-refractivity contribution in [2.24, 2.45) is 0 Å². The van der Waals surface area contributed by atoms with Gasteiger partial charge in [0, 0.05) is 11.8 Å². The van der Waals surface area contributed by atoms with Crippen LogP contribution in [0.5, 0.6) is 0 Å². The average molecular weight is 567 g/mol. The number of H-pyrrole nitrogens is 1. The van der Waals surface area contributed by atoms with E-state index in [2.05, 4.69) is 18.8 Å². The van der Waals surface area contributed by atoms with Crippen LogP contribution in [0.25, 0.3) is 0 Å². The quantitative estimate of drug-likeness (QED) is 0.218. The van der Waals surface area contributed by atoms with Gasteiger partial charge in [-0.1, -0.05) is 20.3 Å². The molecule has 218 valence electrons. The highest BCUT2D eigenvalue weighted by Gasteiger charge is 2.29. The van der Waals surface area contributed by atoms with Crippen LogP contribution in [-0.2, 0) is 37.3 Å². The third-order valence-electron chi connectivity index (χ3n) is 4.24. The minimum Gasteiger partial charge on any atom is -0.432 e. The molecule has 2 atom stereocenters. The van der Waals surface area contributed by atoms with E-state index in [4.69, 9.17) is 37.3 Å². The molecule has 2 heterocycles. The SMILES string of the molecule is CCC.Cc1cn(C2CCC(COP(OCOC(=O)OC(C)C)OCOC(=O)OC(C)C)O2)c(=O)[nH]c1=O. The third-order valence-corrected chi connectivity index (χ3v) is 5.23. The first-order valence-corrected chi connectivity index (χ1v) is 13.4. The topological polar surface area (TPSA) is 163 Å². The van der Waals surface area contributed by atoms with E-state index in [1.807, 2.05) is 0 Å². The summed E-state index contributed by atoms with van der Waals surface area (Å²) in [5.41, 5.74) is -0.648. The Bertz CT molecular complexity index is 936. The smallest absolute Gasteiger partial charge is 0.432 e. The third kappa shape index (κ3) is 13.3. The fourth-order valence-electron chi connectivity index (χ4n) is 2.76. The molecule has 1 fully saturated rings. The van der Waals surface area contributed by atoms with Crippen LogP contribution in [0.15, 0.2) is 15.8 Å². The van der Waals surface area contributed by atoms with Crippen molar-refractivity contribution in [1.82, 2.24) is 9.55 Å². The molecule has 0 aliphatic carbocycles. The van der Waals surface area contributed by atoms with E-state index in [1.54, 1.807) is 34.6 Å². The number of ether oxygens (including phenoxy) is 5. The number of aromatic amines is 1. The van der Waals surface area contributed by atoms with E-state index in [0.29, 0.717) is 18.4 Å². The summed E-state index contributed by atoms with van der Waals surface area (Å²) >= 11 is 0. The lowest BCUT2D eigenvalue weighted by Crippen LogP contribution is -2.33. The molecule has 38 heavy (non-hydrogen) atoms. The van der Waals surface area contributed by atoms with Gasteiger partial charge in [0.1, 0.15) is 6.23 Å². The summed E-state index contributed by atoms with van der Waals surface area (Å²) in [4.78, 5) is 48.9. The van der Waals surface area contributed by atoms with Crippen LogP contribution in [0.3, 0.4) is 0 Å². The van der Waals surface area contributed by atoms with Crippen LogP contribution in [0, 0.1) is 6.92 Å². The molecule has 1 aromatic rings. The standard InChI is InChI=1S/C20H31N2O12P.C3H8/c1-12(2)32-19(25)27-10-30-35(31-11-28-20(26)33-13(3)4)29-9-15-6-7-16(34-15)22-8-14(5)17(23)21-18(22)24;1-3-2/h8,12-13,15-16H,6-7,9-11H2,1-5H3,(H,21,23,24);3H2,1-2H3. The van der Waals surface area contributed by atoms with Crippen molar-refractivity contribution < 1.29 is 46.8 Å². The lowest BCUT2D eigenvalue weighted by Gasteiger charge is -2.20. The Kier molecular flexibility index (Phi) is 15.8. The van der Waals surface area contributed by atoms with E-state index < -0.39 is 58.1 Å². The van der Waals surface area contributed by atoms with Gasteiger partial charge in [0.05, 0.1) is 24.9 Å². The number of hydrogen-bond donors (Lipinski definition) is 1. The predicted molar refractivity (Wildman–Crippen MR) is 135 cm³/mol. The number of rotatable bonds is 12. The number of aryl methyl sites for hydroxylation is 1. The molecule has 0 aromatic carbocycles. The largest absolute Gasteiger partial charge is 0.510 e. The van der Waals surface area contributed by atoms with E-state index in [0.717, 1.165) is 0 Å². The molecule has 0 radical (unpaired) electrons. The maximum absolute atomic E-state index is 12.1. The monoisotopic (exact) mass is 566 g/mol. The molecule has 0 saturated carbocycles. The summed E-state index contributed by atoms with van der Waals surface area (Å²) in [5, 5.41) is 0. The van der Waals surface area contributed by atoms with Crippen LogP contribution in [-0.4, -0.2) is 60.4 Å². The minimum absolute atomic E-state index is 0.00612. The lowest BCUT2D eigenvalue weighted by atomic mass is 10.2. The van der Waals surface area contributed by atoms with Crippen LogP contribution >= 0.6 is 8.60 Å². The van der Waals surface area contributed by atoms with Gasteiger partial charge in [-0.2, -0.15) is 0 Å². The summed E-state index contributed by atoms with van der Waals surface area (Å²) in [6.45, 7) is 11.4. The summed E-state index contributed by atoms with van der Waals surface area (Å²) in [6, 6.07) is 0. The number of nitrogens with one attached hydrogen (secondary N) is 1. The van der Waals surface area contributed by atoms with Crippen LogP contribution < -0.4 is 11.2 Å². The van der Waals surface area contributed by atoms with Crippen LogP contribution in [0.1, 0.15) is 72.6 Å². The molecule has 0 spiro atoms. The zero-order chi connectivity index (χ0) is 28.7. The fourth-order valence-corrected chi connectivity index (χ4v) is 3.55. The number of carbonyl (C=O) groups excluding carboxylic acids is 2. The van der Waals surface area contributed by atoms with E-state index in [1.165, 1.54) is 17.2 Å². The van der Waals surface area contributed by atoms with Crippen molar-refractivity contribution in [3.8, 4) is 0 Å². The highest BCUT2D eigenvalue weighted by atomic mass is 31.2. The molecule has 1 aliphatic heterocycles. The Morgan fingerprint density at radius 3 is 2.03 bits per heavy atom. The van der Waals surface area contributed by atoms with Gasteiger partial charge in [-0.25, -0.2) is 14.4 Å². The van der Waals surface area contributed by atoms with Crippen molar-refractivity contribution in [2.75, 3.05) is 20.2 Å². The Balaban J connectivity index is 0.00000229. The van der Waals surface area contributed by atoms with Gasteiger partial charge in [-0.05, 0) is 47.5 Å². The molecule has 1 saturated heterocycles. The summed E-state index contributed by atoms with van der Waals surface area (Å²) in [7, 11) is -2.12. The molecule has 0 bridgehead atoms. The summed E-state index contributed by atoms with van der Waals surface area (Å²) in [5.74, 6) is 0. The Morgan fingerprint density at radius 1 is 1.00 bits per heavy atom. The Labute approximate surface area is 222 Å². The summed E-state index contributed by atoms with van der Waals surface area (Å²) in [6.07, 6.45) is 0.130. The maximum atomic E-state index is 12.1. The number of carbonyl (C=O) groups is 2. The Morgan fingerprint density at radius 2 is 1.53 bits per heavy atom. The summed E-state index contributed by atoms with van der Waals surface area (Å²) < 4.78 is 42.6. The van der Waals surface area contributed by atoms with Crippen LogP contribution in [0.4, 0.5) is 9.59 Å². The first kappa shape index (κ1) is 33.5. The molecule has 0 amide bonds. The minimum atomic E-state index is -2.12. The van der Waals surface area contributed by atoms with Gasteiger partial charge in [-0.15, -0.1) is 0 Å². The van der Waals surface area contributed by atoms with Crippen LogP contribution in [0.2, 0.25) is 0 Å². The van der Waals surface area contributed by atoms with E-state index in [-0.39, 0.29) is 18.8 Å². The molecule has 1 aromatic heterocycles. The molecule has 1 N–H and O–H groups in total. The van der Waals surface area contributed by atoms with Crippen molar-refractivity contribution in [2.45, 2.75) is 92.3 Å². The first-order valence-electron chi connectivity index (χ1n) is 12.3. The van der Waals surface area contributed by atoms with Gasteiger partial charge >= 0.3 is 26.6 Å². The fraction of sp³-hybridized carbons (Fsp3) is 0.739. The molecule has 15 heteroatoms. The van der Waals surface area contributed by atoms with Gasteiger partial charge in [0.2, 0.25) is 13.6 Å². The molecule has 14 nitrogen and oxygen atoms in total. The zero-order valence-corrected chi connectivity index (χ0v) is 23.8. The van der Waals surface area contributed by atoms with Crippen molar-refractivity contribution in [1.29, 1.82) is 0 Å². The Hall–Kier alpha value is -2.51. The van der Waals surface area contributed by atoms with Gasteiger partial charge in [-0.3, -0.25) is 23.4 Å². The highest BCUT2D eigenvalue weighted by molar-refractivity contribution is 7.41. The predicted octanol–water partition coefficient (Wildman–Crippen LogP) is 4.25. The van der Waals surface area contributed by atoms with Gasteiger partial charge < -0.3 is 28.2 Å². The highest BCUT2D eigenvalue weighted by Crippen LogP contribution is 2.41. The number of hydrogen-bond acceptors (Lipinski definition) is 12. The molecule has 1 aliphatic rings. The zero-order valence-electron chi connectivity index (χ0n) is 22.9. The second-order valence-corrected chi connectivity index (χ2v) is 9.83. The first-order chi connectivity index (χ1) is 18.0.